The Kier molecular flexibility index (Phi) is 6.36. The summed E-state index contributed by atoms with van der Waals surface area (Å²) in [4.78, 5) is 2.53. The number of benzene rings is 1. The molecule has 0 radical (unpaired) electrons. The van der Waals surface area contributed by atoms with Gasteiger partial charge in [0.2, 0.25) is 10.0 Å². The normalized spacial score (nSPS) is 20.0. The lowest BCUT2D eigenvalue weighted by Crippen LogP contribution is -2.31. The largest absolute Gasteiger partial charge is 0.494 e. The van der Waals surface area contributed by atoms with Crippen LogP contribution in [0.2, 0.25) is 0 Å². The molecule has 0 bridgehead atoms. The van der Waals surface area contributed by atoms with Crippen molar-refractivity contribution in [2.75, 3.05) is 39.0 Å². The minimum atomic E-state index is -3.13. The van der Waals surface area contributed by atoms with Gasteiger partial charge in [0.05, 0.1) is 12.9 Å². The van der Waals surface area contributed by atoms with Crippen LogP contribution in [0, 0.1) is 0 Å². The summed E-state index contributed by atoms with van der Waals surface area (Å²) in [7, 11) is -3.13. The summed E-state index contributed by atoms with van der Waals surface area (Å²) in [5, 5.41) is 0. The lowest BCUT2D eigenvalue weighted by Gasteiger charge is -2.26. The maximum Gasteiger partial charge on any atom is 0.211 e. The maximum absolute atomic E-state index is 11.8. The van der Waals surface area contributed by atoms with E-state index in [-0.39, 0.29) is 0 Å². The van der Waals surface area contributed by atoms with E-state index >= 15 is 0 Å². The van der Waals surface area contributed by atoms with Crippen LogP contribution in [0.3, 0.4) is 0 Å². The third kappa shape index (κ3) is 5.43. The Morgan fingerprint density at radius 2 is 1.84 bits per heavy atom. The molecule has 1 saturated heterocycles. The fourth-order valence-electron chi connectivity index (χ4n) is 3.74. The topological polar surface area (TPSA) is 49.9 Å². The molecule has 1 aromatic rings. The highest BCUT2D eigenvalue weighted by Crippen LogP contribution is 2.25. The number of fused-ring (bicyclic) bond motifs is 1. The minimum Gasteiger partial charge on any atom is -0.494 e. The van der Waals surface area contributed by atoms with E-state index in [0.29, 0.717) is 13.1 Å². The molecule has 0 atom stereocenters. The van der Waals surface area contributed by atoms with Crippen molar-refractivity contribution in [3.63, 3.8) is 0 Å². The molecule has 6 heteroatoms. The van der Waals surface area contributed by atoms with E-state index < -0.39 is 10.0 Å². The fourth-order valence-corrected chi connectivity index (χ4v) is 4.57. The van der Waals surface area contributed by atoms with Gasteiger partial charge in [-0.05, 0) is 68.5 Å². The summed E-state index contributed by atoms with van der Waals surface area (Å²) in [6.45, 7) is 5.40. The van der Waals surface area contributed by atoms with Crippen LogP contribution in [0.15, 0.2) is 18.2 Å². The lowest BCUT2D eigenvalue weighted by molar-refractivity contribution is 0.205. The SMILES string of the molecule is CS(=O)(=O)N1CCCc2cc(OCCCN3CCCCC3)ccc2C1. The highest BCUT2D eigenvalue weighted by atomic mass is 32.2. The van der Waals surface area contributed by atoms with E-state index in [9.17, 15) is 8.42 Å². The van der Waals surface area contributed by atoms with Crippen molar-refractivity contribution in [3.05, 3.63) is 29.3 Å². The zero-order valence-corrected chi connectivity index (χ0v) is 16.1. The van der Waals surface area contributed by atoms with Gasteiger partial charge >= 0.3 is 0 Å². The van der Waals surface area contributed by atoms with Crippen LogP contribution in [-0.4, -0.2) is 56.7 Å². The first-order valence-electron chi connectivity index (χ1n) is 9.44. The zero-order valence-electron chi connectivity index (χ0n) is 15.2. The van der Waals surface area contributed by atoms with Crippen LogP contribution >= 0.6 is 0 Å². The highest BCUT2D eigenvalue weighted by Gasteiger charge is 2.21. The van der Waals surface area contributed by atoms with Crippen LogP contribution in [0.5, 0.6) is 5.75 Å². The van der Waals surface area contributed by atoms with E-state index in [1.165, 1.54) is 44.2 Å². The van der Waals surface area contributed by atoms with Crippen molar-refractivity contribution in [2.45, 2.75) is 45.1 Å². The molecule has 2 aliphatic heterocycles. The number of likely N-dealkylation sites (tertiary alicyclic amines) is 1. The van der Waals surface area contributed by atoms with Gasteiger partial charge in [0.15, 0.2) is 0 Å². The first kappa shape index (κ1) is 18.7. The Morgan fingerprint density at radius 3 is 2.60 bits per heavy atom. The highest BCUT2D eigenvalue weighted by molar-refractivity contribution is 7.88. The number of hydrogen-bond donors (Lipinski definition) is 0. The number of hydrogen-bond acceptors (Lipinski definition) is 4. The van der Waals surface area contributed by atoms with Crippen molar-refractivity contribution in [1.29, 1.82) is 0 Å². The first-order chi connectivity index (χ1) is 12.0. The Hall–Kier alpha value is -1.11. The average molecular weight is 367 g/mol. The molecule has 0 unspecified atom stereocenters. The van der Waals surface area contributed by atoms with Crippen molar-refractivity contribution >= 4 is 10.0 Å². The Bertz CT molecular complexity index is 669. The van der Waals surface area contributed by atoms with Crippen LogP contribution in [0.25, 0.3) is 0 Å². The second kappa shape index (κ2) is 8.52. The number of aryl methyl sites for hydroxylation is 1. The van der Waals surface area contributed by atoms with E-state index in [0.717, 1.165) is 43.7 Å². The second-order valence-electron chi connectivity index (χ2n) is 7.23. The van der Waals surface area contributed by atoms with E-state index in [1.54, 1.807) is 4.31 Å². The Labute approximate surface area is 152 Å². The fraction of sp³-hybridized carbons (Fsp3) is 0.684. The number of ether oxygens (including phenoxy) is 1. The summed E-state index contributed by atoms with van der Waals surface area (Å²) in [6.07, 6.45) is 8.15. The number of rotatable bonds is 6. The molecule has 0 amide bonds. The summed E-state index contributed by atoms with van der Waals surface area (Å²) >= 11 is 0. The van der Waals surface area contributed by atoms with Crippen molar-refractivity contribution in [3.8, 4) is 5.75 Å². The molecule has 0 aromatic heterocycles. The summed E-state index contributed by atoms with van der Waals surface area (Å²) in [5.41, 5.74) is 2.32. The van der Waals surface area contributed by atoms with Gasteiger partial charge in [0.1, 0.15) is 5.75 Å². The molecule has 3 rings (SSSR count). The molecular weight excluding hydrogens is 336 g/mol. The lowest BCUT2D eigenvalue weighted by atomic mass is 10.0. The average Bonchev–Trinajstić information content (AvgIpc) is 2.81. The molecular formula is C19H30N2O3S. The molecule has 1 aromatic carbocycles. The molecule has 0 aliphatic carbocycles. The van der Waals surface area contributed by atoms with Crippen molar-refractivity contribution in [2.24, 2.45) is 0 Å². The van der Waals surface area contributed by atoms with Gasteiger partial charge in [-0.3, -0.25) is 0 Å². The standard InChI is InChI=1S/C19H30N2O3S/c1-25(22,23)21-13-5-7-17-15-19(9-8-18(17)16-21)24-14-6-12-20-10-3-2-4-11-20/h8-9,15H,2-7,10-14,16H2,1H3. The van der Waals surface area contributed by atoms with Crippen molar-refractivity contribution in [1.82, 2.24) is 9.21 Å². The van der Waals surface area contributed by atoms with Crippen LogP contribution in [0.1, 0.15) is 43.2 Å². The number of sulfonamides is 1. The smallest absolute Gasteiger partial charge is 0.211 e. The Morgan fingerprint density at radius 1 is 1.04 bits per heavy atom. The van der Waals surface area contributed by atoms with Gasteiger partial charge in [0.25, 0.3) is 0 Å². The van der Waals surface area contributed by atoms with Gasteiger partial charge in [-0.1, -0.05) is 12.5 Å². The summed E-state index contributed by atoms with van der Waals surface area (Å²) < 4.78 is 31.1. The molecule has 0 saturated carbocycles. The predicted octanol–water partition coefficient (Wildman–Crippen LogP) is 2.65. The van der Waals surface area contributed by atoms with Gasteiger partial charge in [0, 0.05) is 19.6 Å². The third-order valence-electron chi connectivity index (χ3n) is 5.18. The first-order valence-corrected chi connectivity index (χ1v) is 11.3. The van der Waals surface area contributed by atoms with Crippen LogP contribution in [-0.2, 0) is 23.0 Å². The van der Waals surface area contributed by atoms with Gasteiger partial charge in [-0.25, -0.2) is 8.42 Å². The van der Waals surface area contributed by atoms with Crippen molar-refractivity contribution < 1.29 is 13.2 Å². The second-order valence-corrected chi connectivity index (χ2v) is 9.22. The summed E-state index contributed by atoms with van der Waals surface area (Å²) in [6, 6.07) is 6.10. The molecule has 140 valence electrons. The molecule has 5 nitrogen and oxygen atoms in total. The van der Waals surface area contributed by atoms with Gasteiger partial charge in [-0.15, -0.1) is 0 Å². The number of nitrogens with zero attached hydrogens (tertiary/aromatic N) is 2. The maximum atomic E-state index is 11.8. The van der Waals surface area contributed by atoms with Gasteiger partial charge in [-0.2, -0.15) is 4.31 Å². The van der Waals surface area contributed by atoms with Crippen LogP contribution in [0.4, 0.5) is 0 Å². The molecule has 0 spiro atoms. The number of piperidine rings is 1. The zero-order chi connectivity index (χ0) is 17.7. The third-order valence-corrected chi connectivity index (χ3v) is 6.43. The van der Waals surface area contributed by atoms with E-state index in [2.05, 4.69) is 11.0 Å². The quantitative estimate of drug-likeness (QED) is 0.726. The molecule has 0 N–H and O–H groups in total. The summed E-state index contributed by atoms with van der Waals surface area (Å²) in [5.74, 6) is 0.908. The van der Waals surface area contributed by atoms with E-state index in [1.807, 2.05) is 12.1 Å². The minimum absolute atomic E-state index is 0.476. The molecule has 2 aliphatic rings. The van der Waals surface area contributed by atoms with E-state index in [4.69, 9.17) is 4.74 Å². The van der Waals surface area contributed by atoms with Crippen LogP contribution < -0.4 is 4.74 Å². The Balaban J connectivity index is 1.52. The predicted molar refractivity (Wildman–Crippen MR) is 100 cm³/mol. The monoisotopic (exact) mass is 366 g/mol. The molecule has 2 heterocycles. The molecule has 1 fully saturated rings. The van der Waals surface area contributed by atoms with Gasteiger partial charge < -0.3 is 9.64 Å². The molecule has 25 heavy (non-hydrogen) atoms.